The molecule has 0 fully saturated rings. The maximum absolute atomic E-state index is 9.32. The highest BCUT2D eigenvalue weighted by Crippen LogP contribution is 2.28. The SMILES string of the molecule is CCC(CC)N(CCO)c1cc(N)cc(OC(C)C)c1. The molecule has 1 rings (SSSR count). The van der Waals surface area contributed by atoms with E-state index in [9.17, 15) is 5.11 Å². The van der Waals surface area contributed by atoms with Gasteiger partial charge in [0.05, 0.1) is 12.7 Å². The van der Waals surface area contributed by atoms with Gasteiger partial charge in [-0.3, -0.25) is 0 Å². The number of hydrogen-bond donors (Lipinski definition) is 2. The first-order chi connectivity index (χ1) is 9.51. The molecule has 0 aliphatic carbocycles. The molecule has 0 saturated carbocycles. The molecule has 0 unspecified atom stereocenters. The number of aliphatic hydroxyl groups is 1. The van der Waals surface area contributed by atoms with Crippen LogP contribution in [-0.4, -0.2) is 30.4 Å². The summed E-state index contributed by atoms with van der Waals surface area (Å²) in [7, 11) is 0. The maximum atomic E-state index is 9.32. The van der Waals surface area contributed by atoms with Crippen molar-refractivity contribution >= 4 is 11.4 Å². The van der Waals surface area contributed by atoms with Crippen LogP contribution in [-0.2, 0) is 0 Å². The molecule has 1 aromatic carbocycles. The van der Waals surface area contributed by atoms with E-state index in [1.807, 2.05) is 32.0 Å². The zero-order chi connectivity index (χ0) is 15.1. The van der Waals surface area contributed by atoms with Gasteiger partial charge in [-0.2, -0.15) is 0 Å². The molecule has 0 aliphatic heterocycles. The second kappa shape index (κ2) is 8.00. The van der Waals surface area contributed by atoms with Gasteiger partial charge in [0.25, 0.3) is 0 Å². The molecule has 4 heteroatoms. The minimum absolute atomic E-state index is 0.115. The Labute approximate surface area is 122 Å². The van der Waals surface area contributed by atoms with Crippen LogP contribution in [0.2, 0.25) is 0 Å². The van der Waals surface area contributed by atoms with E-state index in [4.69, 9.17) is 10.5 Å². The lowest BCUT2D eigenvalue weighted by atomic mass is 10.1. The van der Waals surface area contributed by atoms with Gasteiger partial charge in [-0.25, -0.2) is 0 Å². The fourth-order valence-corrected chi connectivity index (χ4v) is 2.47. The Morgan fingerprint density at radius 2 is 1.85 bits per heavy atom. The normalized spacial score (nSPS) is 11.2. The molecule has 1 aromatic rings. The minimum Gasteiger partial charge on any atom is -0.491 e. The number of nitrogen functional groups attached to an aromatic ring is 1. The average Bonchev–Trinajstić information content (AvgIpc) is 2.37. The van der Waals surface area contributed by atoms with E-state index in [-0.39, 0.29) is 12.7 Å². The maximum Gasteiger partial charge on any atom is 0.123 e. The molecule has 0 aliphatic rings. The number of aliphatic hydroxyl groups excluding tert-OH is 1. The Hall–Kier alpha value is -1.42. The standard InChI is InChI=1S/C16H28N2O2/c1-5-14(6-2)18(7-8-19)15-9-13(17)10-16(11-15)20-12(3)4/h9-12,14,19H,5-8,17H2,1-4H3. The number of hydrogen-bond acceptors (Lipinski definition) is 4. The Kier molecular flexibility index (Phi) is 6.65. The first-order valence-corrected chi connectivity index (χ1v) is 7.46. The fourth-order valence-electron chi connectivity index (χ4n) is 2.47. The summed E-state index contributed by atoms with van der Waals surface area (Å²) in [4.78, 5) is 2.21. The second-order valence-corrected chi connectivity index (χ2v) is 5.31. The summed E-state index contributed by atoms with van der Waals surface area (Å²) in [6.45, 7) is 9.06. The van der Waals surface area contributed by atoms with Crippen molar-refractivity contribution in [2.24, 2.45) is 0 Å². The van der Waals surface area contributed by atoms with Gasteiger partial charge in [0.1, 0.15) is 5.75 Å². The Bertz CT molecular complexity index is 403. The van der Waals surface area contributed by atoms with Gasteiger partial charge in [0, 0.05) is 36.1 Å². The third kappa shape index (κ3) is 4.60. The van der Waals surface area contributed by atoms with E-state index in [0.717, 1.165) is 24.3 Å². The van der Waals surface area contributed by atoms with E-state index >= 15 is 0 Å². The molecule has 0 aromatic heterocycles. The van der Waals surface area contributed by atoms with Gasteiger partial charge in [-0.15, -0.1) is 0 Å². The Morgan fingerprint density at radius 3 is 2.35 bits per heavy atom. The van der Waals surface area contributed by atoms with Crippen LogP contribution in [0.15, 0.2) is 18.2 Å². The van der Waals surface area contributed by atoms with Crippen molar-refractivity contribution < 1.29 is 9.84 Å². The van der Waals surface area contributed by atoms with Crippen LogP contribution >= 0.6 is 0 Å². The van der Waals surface area contributed by atoms with E-state index in [1.165, 1.54) is 0 Å². The lowest BCUT2D eigenvalue weighted by Gasteiger charge is -2.32. The number of nitrogens with two attached hydrogens (primary N) is 1. The molecule has 0 saturated heterocycles. The van der Waals surface area contributed by atoms with Gasteiger partial charge in [-0.1, -0.05) is 13.8 Å². The summed E-state index contributed by atoms with van der Waals surface area (Å²) in [5, 5.41) is 9.32. The van der Waals surface area contributed by atoms with E-state index < -0.39 is 0 Å². The third-order valence-corrected chi connectivity index (χ3v) is 3.34. The van der Waals surface area contributed by atoms with Crippen molar-refractivity contribution in [1.82, 2.24) is 0 Å². The number of rotatable bonds is 8. The summed E-state index contributed by atoms with van der Waals surface area (Å²) in [5.41, 5.74) is 7.69. The van der Waals surface area contributed by atoms with Crippen molar-refractivity contribution in [1.29, 1.82) is 0 Å². The van der Waals surface area contributed by atoms with Gasteiger partial charge >= 0.3 is 0 Å². The van der Waals surface area contributed by atoms with Crippen molar-refractivity contribution in [3.05, 3.63) is 18.2 Å². The number of ether oxygens (including phenoxy) is 1. The molecule has 114 valence electrons. The number of benzene rings is 1. The molecule has 0 atom stereocenters. The molecule has 0 amide bonds. The van der Waals surface area contributed by atoms with Crippen LogP contribution in [0.3, 0.4) is 0 Å². The summed E-state index contributed by atoms with van der Waals surface area (Å²) in [5.74, 6) is 0.781. The van der Waals surface area contributed by atoms with Crippen LogP contribution in [0, 0.1) is 0 Å². The Morgan fingerprint density at radius 1 is 1.20 bits per heavy atom. The predicted molar refractivity (Wildman–Crippen MR) is 85.4 cm³/mol. The molecule has 0 spiro atoms. The van der Waals surface area contributed by atoms with Gasteiger partial charge in [-0.05, 0) is 32.8 Å². The lowest BCUT2D eigenvalue weighted by molar-refractivity contribution is 0.242. The molecular formula is C16H28N2O2. The molecule has 0 bridgehead atoms. The van der Waals surface area contributed by atoms with E-state index in [0.29, 0.717) is 18.3 Å². The zero-order valence-electron chi connectivity index (χ0n) is 13.1. The van der Waals surface area contributed by atoms with Crippen molar-refractivity contribution in [3.8, 4) is 5.75 Å². The monoisotopic (exact) mass is 280 g/mol. The quantitative estimate of drug-likeness (QED) is 0.719. The minimum atomic E-state index is 0.115. The summed E-state index contributed by atoms with van der Waals surface area (Å²) in [6.07, 6.45) is 2.18. The van der Waals surface area contributed by atoms with E-state index in [1.54, 1.807) is 0 Å². The first kappa shape index (κ1) is 16.6. The molecular weight excluding hydrogens is 252 g/mol. The lowest BCUT2D eigenvalue weighted by Crippen LogP contribution is -2.36. The van der Waals surface area contributed by atoms with Crippen LogP contribution in [0.25, 0.3) is 0 Å². The largest absolute Gasteiger partial charge is 0.491 e. The highest BCUT2D eigenvalue weighted by Gasteiger charge is 2.16. The molecule has 3 N–H and O–H groups in total. The fraction of sp³-hybridized carbons (Fsp3) is 0.625. The molecule has 4 nitrogen and oxygen atoms in total. The average molecular weight is 280 g/mol. The van der Waals surface area contributed by atoms with Crippen LogP contribution in [0.5, 0.6) is 5.75 Å². The van der Waals surface area contributed by atoms with Crippen LogP contribution < -0.4 is 15.4 Å². The molecule has 20 heavy (non-hydrogen) atoms. The summed E-state index contributed by atoms with van der Waals surface area (Å²) in [6, 6.07) is 6.19. The third-order valence-electron chi connectivity index (χ3n) is 3.34. The second-order valence-electron chi connectivity index (χ2n) is 5.31. The zero-order valence-corrected chi connectivity index (χ0v) is 13.1. The highest BCUT2D eigenvalue weighted by atomic mass is 16.5. The Balaban J connectivity index is 3.08. The smallest absolute Gasteiger partial charge is 0.123 e. The topological polar surface area (TPSA) is 58.7 Å². The van der Waals surface area contributed by atoms with Crippen molar-refractivity contribution in [3.63, 3.8) is 0 Å². The molecule has 0 heterocycles. The predicted octanol–water partition coefficient (Wildman–Crippen LogP) is 3.04. The summed E-state index contributed by atoms with van der Waals surface area (Å²) < 4.78 is 5.74. The van der Waals surface area contributed by atoms with Crippen molar-refractivity contribution in [2.75, 3.05) is 23.8 Å². The number of nitrogens with zero attached hydrogens (tertiary/aromatic N) is 1. The van der Waals surface area contributed by atoms with Gasteiger partial charge in [0.15, 0.2) is 0 Å². The first-order valence-electron chi connectivity index (χ1n) is 7.46. The molecule has 0 radical (unpaired) electrons. The van der Waals surface area contributed by atoms with Gasteiger partial charge < -0.3 is 20.5 Å². The van der Waals surface area contributed by atoms with Crippen molar-refractivity contribution in [2.45, 2.75) is 52.7 Å². The van der Waals surface area contributed by atoms with Gasteiger partial charge in [0.2, 0.25) is 0 Å². The number of anilines is 2. The van der Waals surface area contributed by atoms with Crippen LogP contribution in [0.4, 0.5) is 11.4 Å². The summed E-state index contributed by atoms with van der Waals surface area (Å²) >= 11 is 0. The van der Waals surface area contributed by atoms with E-state index in [2.05, 4.69) is 18.7 Å². The van der Waals surface area contributed by atoms with Crippen LogP contribution in [0.1, 0.15) is 40.5 Å². The highest BCUT2D eigenvalue weighted by molar-refractivity contribution is 5.61.